The third-order valence-corrected chi connectivity index (χ3v) is 1.38. The van der Waals surface area contributed by atoms with E-state index < -0.39 is 0 Å². The molecule has 0 fully saturated rings. The smallest absolute Gasteiger partial charge is 0.0273 e. The highest BCUT2D eigenvalue weighted by Gasteiger charge is 2.09. The third-order valence-electron chi connectivity index (χ3n) is 1.38. The Bertz CT molecular complexity index is 185. The predicted molar refractivity (Wildman–Crippen MR) is 63.5 cm³/mol. The summed E-state index contributed by atoms with van der Waals surface area (Å²) in [6, 6.07) is 0. The minimum absolute atomic E-state index is 0.0486. The zero-order chi connectivity index (χ0) is 10.9. The Morgan fingerprint density at radius 2 is 1.77 bits per heavy atom. The number of hydrogen-bond acceptors (Lipinski definition) is 1. The second-order valence-corrected chi connectivity index (χ2v) is 3.30. The molecule has 0 saturated carbocycles. The van der Waals surface area contributed by atoms with E-state index in [9.17, 15) is 0 Å². The van der Waals surface area contributed by atoms with Crippen molar-refractivity contribution in [3.8, 4) is 0 Å². The van der Waals surface area contributed by atoms with Crippen LogP contribution in [0.15, 0.2) is 29.3 Å². The number of aliphatic imine (C=N–C) groups is 1. The van der Waals surface area contributed by atoms with Gasteiger partial charge in [-0.2, -0.15) is 0 Å². The van der Waals surface area contributed by atoms with Gasteiger partial charge in [0.2, 0.25) is 0 Å². The van der Waals surface area contributed by atoms with Crippen LogP contribution in [0.1, 0.15) is 34.6 Å². The summed E-state index contributed by atoms with van der Waals surface area (Å²) in [5.41, 5.74) is 1.24. The van der Waals surface area contributed by atoms with Crippen molar-refractivity contribution in [2.45, 2.75) is 34.6 Å². The van der Waals surface area contributed by atoms with E-state index >= 15 is 0 Å². The van der Waals surface area contributed by atoms with Crippen LogP contribution in [0.3, 0.4) is 0 Å². The Balaban J connectivity index is 0. The summed E-state index contributed by atoms with van der Waals surface area (Å²) in [5, 5.41) is 0. The Labute approximate surface area is 83.3 Å². The summed E-state index contributed by atoms with van der Waals surface area (Å²) in [5.74, 6) is 0. The quantitative estimate of drug-likeness (QED) is 0.463. The maximum absolute atomic E-state index is 3.99. The van der Waals surface area contributed by atoms with E-state index in [0.717, 1.165) is 0 Å². The highest BCUT2D eigenvalue weighted by atomic mass is 14.6. The first kappa shape index (κ1) is 14.7. The highest BCUT2D eigenvalue weighted by Crippen LogP contribution is 2.16. The molecule has 76 valence electrons. The minimum atomic E-state index is 0.0486. The summed E-state index contributed by atoms with van der Waals surface area (Å²) in [4.78, 5) is 3.99. The lowest BCUT2D eigenvalue weighted by atomic mass is 9.92. The van der Waals surface area contributed by atoms with Crippen LogP contribution in [0.2, 0.25) is 0 Å². The van der Waals surface area contributed by atoms with E-state index in [1.165, 1.54) is 5.57 Å². The molecule has 0 aromatic carbocycles. The molecule has 0 bridgehead atoms. The molecular weight excluding hydrogens is 158 g/mol. The van der Waals surface area contributed by atoms with Gasteiger partial charge in [-0.05, 0) is 6.92 Å². The maximum atomic E-state index is 3.99. The molecular formula is C12H23N. The molecule has 0 N–H and O–H groups in total. The molecule has 13 heavy (non-hydrogen) atoms. The second kappa shape index (κ2) is 7.78. The summed E-state index contributed by atoms with van der Waals surface area (Å²) in [6.07, 6.45) is 5.93. The fourth-order valence-electron chi connectivity index (χ4n) is 1.02. The molecule has 0 radical (unpaired) electrons. The molecule has 0 amide bonds. The molecule has 0 aromatic rings. The first-order valence-electron chi connectivity index (χ1n) is 4.77. The zero-order valence-corrected chi connectivity index (χ0v) is 9.89. The van der Waals surface area contributed by atoms with Crippen LogP contribution in [0.4, 0.5) is 0 Å². The van der Waals surface area contributed by atoms with E-state index in [-0.39, 0.29) is 5.41 Å². The van der Waals surface area contributed by atoms with Crippen molar-refractivity contribution < 1.29 is 0 Å². The van der Waals surface area contributed by atoms with Crippen molar-refractivity contribution in [1.82, 2.24) is 0 Å². The number of hydrogen-bond donors (Lipinski definition) is 0. The van der Waals surface area contributed by atoms with Gasteiger partial charge in [0, 0.05) is 18.7 Å². The van der Waals surface area contributed by atoms with Gasteiger partial charge in [0.05, 0.1) is 0 Å². The maximum Gasteiger partial charge on any atom is 0.0273 e. The largest absolute Gasteiger partial charge is 0.300 e. The molecule has 0 unspecified atom stereocenters. The Morgan fingerprint density at radius 3 is 2.08 bits per heavy atom. The molecule has 0 heterocycles. The summed E-state index contributed by atoms with van der Waals surface area (Å²) >= 11 is 0. The molecule has 0 aromatic heterocycles. The molecule has 0 saturated heterocycles. The van der Waals surface area contributed by atoms with Crippen molar-refractivity contribution in [1.29, 1.82) is 0 Å². The van der Waals surface area contributed by atoms with Gasteiger partial charge in [-0.1, -0.05) is 52.0 Å². The van der Waals surface area contributed by atoms with E-state index in [2.05, 4.69) is 31.5 Å². The number of allylic oxidation sites excluding steroid dienone is 3. The summed E-state index contributed by atoms with van der Waals surface area (Å²) < 4.78 is 0. The standard InChI is InChI=1S/C10H17N.C2H6/c1-6-9(2)7-10(3,4)8-11-5;1-2/h6-8H,1H2,2-5H3;1-2H3/b9-7-,11-8?;. The van der Waals surface area contributed by atoms with Crippen molar-refractivity contribution >= 4 is 6.21 Å². The molecule has 0 spiro atoms. The van der Waals surface area contributed by atoms with Gasteiger partial charge < -0.3 is 0 Å². The number of rotatable bonds is 3. The van der Waals surface area contributed by atoms with Crippen LogP contribution < -0.4 is 0 Å². The molecule has 1 heteroatoms. The van der Waals surface area contributed by atoms with Gasteiger partial charge in [0.1, 0.15) is 0 Å². The normalized spacial score (nSPS) is 12.3. The molecule has 0 aliphatic carbocycles. The van der Waals surface area contributed by atoms with Gasteiger partial charge in [-0.25, -0.2) is 0 Å². The lowest BCUT2D eigenvalue weighted by Gasteiger charge is -2.13. The first-order valence-corrected chi connectivity index (χ1v) is 4.77. The first-order chi connectivity index (χ1) is 6.02. The van der Waals surface area contributed by atoms with E-state index in [4.69, 9.17) is 0 Å². The minimum Gasteiger partial charge on any atom is -0.300 e. The molecule has 0 atom stereocenters. The Kier molecular flexibility index (Phi) is 8.78. The molecule has 1 nitrogen and oxygen atoms in total. The average Bonchev–Trinajstić information content (AvgIpc) is 2.07. The van der Waals surface area contributed by atoms with Crippen LogP contribution in [0, 0.1) is 5.41 Å². The lowest BCUT2D eigenvalue weighted by Crippen LogP contribution is -2.09. The van der Waals surface area contributed by atoms with Crippen LogP contribution >= 0.6 is 0 Å². The van der Waals surface area contributed by atoms with Crippen LogP contribution in [-0.2, 0) is 0 Å². The zero-order valence-electron chi connectivity index (χ0n) is 9.89. The second-order valence-electron chi connectivity index (χ2n) is 3.30. The summed E-state index contributed by atoms with van der Waals surface area (Å²) in [7, 11) is 1.79. The number of nitrogens with zero attached hydrogens (tertiary/aromatic N) is 1. The fraction of sp³-hybridized carbons (Fsp3) is 0.583. The van der Waals surface area contributed by atoms with Crippen LogP contribution in [0.5, 0.6) is 0 Å². The van der Waals surface area contributed by atoms with E-state index in [1.807, 2.05) is 33.1 Å². The van der Waals surface area contributed by atoms with Gasteiger partial charge in [-0.3, -0.25) is 4.99 Å². The van der Waals surface area contributed by atoms with Gasteiger partial charge >= 0.3 is 0 Å². The van der Waals surface area contributed by atoms with Gasteiger partial charge in [0.25, 0.3) is 0 Å². The highest BCUT2D eigenvalue weighted by molar-refractivity contribution is 5.67. The molecule has 0 aliphatic rings. The van der Waals surface area contributed by atoms with Crippen molar-refractivity contribution in [2.24, 2.45) is 10.4 Å². The van der Waals surface area contributed by atoms with Crippen LogP contribution in [-0.4, -0.2) is 13.3 Å². The van der Waals surface area contributed by atoms with Crippen LogP contribution in [0.25, 0.3) is 0 Å². The van der Waals surface area contributed by atoms with E-state index in [0.29, 0.717) is 0 Å². The fourth-order valence-corrected chi connectivity index (χ4v) is 1.02. The van der Waals surface area contributed by atoms with Gasteiger partial charge in [-0.15, -0.1) is 0 Å². The lowest BCUT2D eigenvalue weighted by molar-refractivity contribution is 0.688. The monoisotopic (exact) mass is 181 g/mol. The SMILES string of the molecule is C=C/C(C)=C\C(C)(C)C=NC.CC. The molecule has 0 rings (SSSR count). The van der Waals surface area contributed by atoms with Crippen molar-refractivity contribution in [2.75, 3.05) is 7.05 Å². The third kappa shape index (κ3) is 9.06. The average molecular weight is 181 g/mol. The van der Waals surface area contributed by atoms with Crippen molar-refractivity contribution in [3.05, 3.63) is 24.3 Å². The van der Waals surface area contributed by atoms with E-state index in [1.54, 1.807) is 7.05 Å². The Morgan fingerprint density at radius 1 is 1.31 bits per heavy atom. The topological polar surface area (TPSA) is 12.4 Å². The molecule has 0 aliphatic heterocycles. The predicted octanol–water partition coefficient (Wildman–Crippen LogP) is 3.87. The van der Waals surface area contributed by atoms with Crippen molar-refractivity contribution in [3.63, 3.8) is 0 Å². The summed E-state index contributed by atoms with van der Waals surface area (Å²) in [6.45, 7) is 14.0. The Hall–Kier alpha value is -0.850. The van der Waals surface area contributed by atoms with Gasteiger partial charge in [0.15, 0.2) is 0 Å².